The number of aliphatic hydroxyl groups excluding tert-OH is 7. The molecule has 12 heteroatoms. The summed E-state index contributed by atoms with van der Waals surface area (Å²) < 4.78 is 14.7. The zero-order valence-electron chi connectivity index (χ0n) is 12.2. The molecule has 0 aromatic rings. The number of carboxylic acids is 1. The Hall–Kier alpha value is -0.930. The van der Waals surface area contributed by atoms with Crippen LogP contribution in [0.4, 0.5) is 0 Å². The summed E-state index contributed by atoms with van der Waals surface area (Å²) in [7, 11) is 0. The van der Waals surface area contributed by atoms with Gasteiger partial charge < -0.3 is 55.1 Å². The maximum absolute atomic E-state index is 11.0. The molecular formula is C12H20O12. The van der Waals surface area contributed by atoms with Gasteiger partial charge in [0.2, 0.25) is 0 Å². The Morgan fingerprint density at radius 1 is 0.792 bits per heavy atom. The van der Waals surface area contributed by atoms with Gasteiger partial charge >= 0.3 is 5.97 Å². The molecule has 2 fully saturated rings. The third-order valence-electron chi connectivity index (χ3n) is 3.92. The minimum Gasteiger partial charge on any atom is -0.479 e. The summed E-state index contributed by atoms with van der Waals surface area (Å²) in [6.07, 6.45) is -17.3. The lowest BCUT2D eigenvalue weighted by Crippen LogP contribution is -2.62. The topological polar surface area (TPSA) is 207 Å². The van der Waals surface area contributed by atoms with Gasteiger partial charge in [-0.3, -0.25) is 0 Å². The van der Waals surface area contributed by atoms with Crippen molar-refractivity contribution in [2.45, 2.75) is 61.4 Å². The molecule has 0 aromatic carbocycles. The van der Waals surface area contributed by atoms with E-state index < -0.39 is 74.0 Å². The van der Waals surface area contributed by atoms with Gasteiger partial charge in [-0.15, -0.1) is 0 Å². The number of carbonyl (C=O) groups is 1. The molecule has 0 radical (unpaired) electrons. The average Bonchev–Trinajstić information content (AvgIpc) is 2.54. The molecule has 2 saturated heterocycles. The van der Waals surface area contributed by atoms with Crippen molar-refractivity contribution < 1.29 is 59.9 Å². The monoisotopic (exact) mass is 356 g/mol. The standard InChI is InChI=1S/C12H20O12/c13-3-2(23-11(21)7(17)4(3)14)1-22-12-8(18)5(15)6(16)9(24-12)10(19)20/h2-9,11-18,21H,1H2,(H,19,20). The Morgan fingerprint density at radius 3 is 1.96 bits per heavy atom. The van der Waals surface area contributed by atoms with E-state index in [2.05, 4.69) is 0 Å². The molecule has 2 aliphatic heterocycles. The molecule has 2 aliphatic rings. The van der Waals surface area contributed by atoms with E-state index in [1.165, 1.54) is 0 Å². The molecule has 0 amide bonds. The highest BCUT2D eigenvalue weighted by molar-refractivity contribution is 5.73. The van der Waals surface area contributed by atoms with Crippen LogP contribution in [0, 0.1) is 0 Å². The molecule has 8 N–H and O–H groups in total. The fraction of sp³-hybridized carbons (Fsp3) is 0.917. The van der Waals surface area contributed by atoms with Crippen LogP contribution in [0.1, 0.15) is 0 Å². The van der Waals surface area contributed by atoms with Gasteiger partial charge in [0.25, 0.3) is 0 Å². The Bertz CT molecular complexity index is 446. The third-order valence-corrected chi connectivity index (χ3v) is 3.92. The summed E-state index contributed by atoms with van der Waals surface area (Å²) in [6.45, 7) is -0.584. The predicted octanol–water partition coefficient (Wildman–Crippen LogP) is -5.30. The van der Waals surface area contributed by atoms with Gasteiger partial charge in [-0.25, -0.2) is 4.79 Å². The minimum atomic E-state index is -1.88. The van der Waals surface area contributed by atoms with Crippen molar-refractivity contribution in [1.29, 1.82) is 0 Å². The van der Waals surface area contributed by atoms with Gasteiger partial charge in [0.1, 0.15) is 42.7 Å². The van der Waals surface area contributed by atoms with E-state index in [9.17, 15) is 40.5 Å². The smallest absolute Gasteiger partial charge is 0.335 e. The van der Waals surface area contributed by atoms with Crippen LogP contribution in [0.15, 0.2) is 0 Å². The van der Waals surface area contributed by atoms with E-state index in [0.29, 0.717) is 0 Å². The molecule has 10 atom stereocenters. The molecule has 0 spiro atoms. The van der Waals surface area contributed by atoms with Gasteiger partial charge in [0, 0.05) is 0 Å². The number of aliphatic hydroxyl groups is 7. The summed E-state index contributed by atoms with van der Waals surface area (Å²) in [5, 5.41) is 75.8. The Labute approximate surface area is 135 Å². The number of hydrogen-bond acceptors (Lipinski definition) is 11. The Morgan fingerprint density at radius 2 is 1.38 bits per heavy atom. The van der Waals surface area contributed by atoms with Gasteiger partial charge in [-0.1, -0.05) is 0 Å². The van der Waals surface area contributed by atoms with Gasteiger partial charge in [-0.05, 0) is 0 Å². The highest BCUT2D eigenvalue weighted by Gasteiger charge is 2.49. The number of ether oxygens (including phenoxy) is 3. The van der Waals surface area contributed by atoms with E-state index >= 15 is 0 Å². The van der Waals surface area contributed by atoms with Crippen LogP contribution >= 0.6 is 0 Å². The number of carboxylic acid groups (broad SMARTS) is 1. The zero-order chi connectivity index (χ0) is 18.2. The van der Waals surface area contributed by atoms with Crippen molar-refractivity contribution in [3.05, 3.63) is 0 Å². The van der Waals surface area contributed by atoms with E-state index in [1.54, 1.807) is 0 Å². The SMILES string of the molecule is O=C(O)C1OC(OCC2OC(O)C(O)C(O)C2O)C(O)C(O)C1O. The number of hydrogen-bond donors (Lipinski definition) is 8. The largest absolute Gasteiger partial charge is 0.479 e. The van der Waals surface area contributed by atoms with Crippen LogP contribution in [0.2, 0.25) is 0 Å². The molecule has 0 aromatic heterocycles. The van der Waals surface area contributed by atoms with Crippen LogP contribution in [0.3, 0.4) is 0 Å². The second-order valence-electron chi connectivity index (χ2n) is 5.61. The van der Waals surface area contributed by atoms with Crippen molar-refractivity contribution in [2.75, 3.05) is 6.61 Å². The van der Waals surface area contributed by atoms with E-state index in [-0.39, 0.29) is 0 Å². The molecule has 0 bridgehead atoms. The maximum Gasteiger partial charge on any atom is 0.335 e. The molecule has 0 aliphatic carbocycles. The lowest BCUT2D eigenvalue weighted by molar-refractivity contribution is -0.321. The third kappa shape index (κ3) is 3.67. The fourth-order valence-corrected chi connectivity index (χ4v) is 2.45. The van der Waals surface area contributed by atoms with Crippen molar-refractivity contribution in [3.8, 4) is 0 Å². The summed E-state index contributed by atoms with van der Waals surface area (Å²) in [4.78, 5) is 11.0. The molecular weight excluding hydrogens is 336 g/mol. The van der Waals surface area contributed by atoms with Crippen LogP contribution in [0.25, 0.3) is 0 Å². The van der Waals surface area contributed by atoms with Crippen LogP contribution in [-0.4, -0.2) is 115 Å². The average molecular weight is 356 g/mol. The van der Waals surface area contributed by atoms with E-state index in [0.717, 1.165) is 0 Å². The number of aliphatic carboxylic acids is 1. The highest BCUT2D eigenvalue weighted by Crippen LogP contribution is 2.25. The van der Waals surface area contributed by atoms with Crippen LogP contribution < -0.4 is 0 Å². The Balaban J connectivity index is 1.98. The molecule has 12 nitrogen and oxygen atoms in total. The minimum absolute atomic E-state index is 0.584. The van der Waals surface area contributed by atoms with Crippen LogP contribution in [0.5, 0.6) is 0 Å². The number of rotatable bonds is 4. The first kappa shape index (κ1) is 19.4. The molecule has 10 unspecified atom stereocenters. The summed E-state index contributed by atoms with van der Waals surface area (Å²) in [5.74, 6) is -1.59. The first-order valence-corrected chi connectivity index (χ1v) is 7.07. The quantitative estimate of drug-likeness (QED) is 0.238. The van der Waals surface area contributed by atoms with Gasteiger partial charge in [0.05, 0.1) is 6.61 Å². The summed E-state index contributed by atoms with van der Waals surface area (Å²) in [6, 6.07) is 0. The second kappa shape index (κ2) is 7.53. The lowest BCUT2D eigenvalue weighted by atomic mass is 9.98. The maximum atomic E-state index is 11.0. The second-order valence-corrected chi connectivity index (χ2v) is 5.61. The molecule has 0 saturated carbocycles. The van der Waals surface area contributed by atoms with Gasteiger partial charge in [-0.2, -0.15) is 0 Å². The van der Waals surface area contributed by atoms with E-state index in [4.69, 9.17) is 19.3 Å². The fourth-order valence-electron chi connectivity index (χ4n) is 2.45. The summed E-state index contributed by atoms with van der Waals surface area (Å²) >= 11 is 0. The molecule has 24 heavy (non-hydrogen) atoms. The normalized spacial score (nSPS) is 49.8. The van der Waals surface area contributed by atoms with Crippen molar-refractivity contribution in [1.82, 2.24) is 0 Å². The van der Waals surface area contributed by atoms with Crippen LogP contribution in [-0.2, 0) is 19.0 Å². The molecule has 2 heterocycles. The lowest BCUT2D eigenvalue weighted by Gasteiger charge is -2.41. The van der Waals surface area contributed by atoms with Crippen molar-refractivity contribution >= 4 is 5.97 Å². The first-order valence-electron chi connectivity index (χ1n) is 7.07. The summed E-state index contributed by atoms with van der Waals surface area (Å²) in [5.41, 5.74) is 0. The van der Waals surface area contributed by atoms with E-state index in [1.807, 2.05) is 0 Å². The predicted molar refractivity (Wildman–Crippen MR) is 69.2 cm³/mol. The zero-order valence-corrected chi connectivity index (χ0v) is 12.2. The highest BCUT2D eigenvalue weighted by atomic mass is 16.7. The molecule has 2 rings (SSSR count). The Kier molecular flexibility index (Phi) is 6.09. The van der Waals surface area contributed by atoms with Crippen molar-refractivity contribution in [2.24, 2.45) is 0 Å². The van der Waals surface area contributed by atoms with Crippen molar-refractivity contribution in [3.63, 3.8) is 0 Å². The first-order chi connectivity index (χ1) is 11.1. The van der Waals surface area contributed by atoms with Gasteiger partial charge in [0.15, 0.2) is 18.7 Å². The molecule has 140 valence electrons.